The summed E-state index contributed by atoms with van der Waals surface area (Å²) < 4.78 is 0. The van der Waals surface area contributed by atoms with Crippen molar-refractivity contribution in [2.75, 3.05) is 7.05 Å². The Morgan fingerprint density at radius 2 is 1.92 bits per heavy atom. The van der Waals surface area contributed by atoms with E-state index in [4.69, 9.17) is 0 Å². The van der Waals surface area contributed by atoms with Crippen molar-refractivity contribution in [1.29, 1.82) is 0 Å². The van der Waals surface area contributed by atoms with Gasteiger partial charge in [-0.1, -0.05) is 32.1 Å². The fraction of sp³-hybridized carbons (Fsp3) is 0.500. The quantitative estimate of drug-likeness (QED) is 0.455. The Hall–Kier alpha value is -2.11. The lowest BCUT2D eigenvalue weighted by Gasteiger charge is -2.08. The van der Waals surface area contributed by atoms with E-state index in [-0.39, 0.29) is 23.4 Å². The van der Waals surface area contributed by atoms with E-state index >= 15 is 0 Å². The fourth-order valence-corrected chi connectivity index (χ4v) is 2.06. The van der Waals surface area contributed by atoms with Crippen LogP contribution in [0.3, 0.4) is 0 Å². The molecule has 0 aliphatic rings. The first-order valence-corrected chi connectivity index (χ1v) is 8.06. The van der Waals surface area contributed by atoms with Crippen molar-refractivity contribution < 1.29 is 19.5 Å². The van der Waals surface area contributed by atoms with Crippen molar-refractivity contribution >= 4 is 30.7 Å². The van der Waals surface area contributed by atoms with E-state index in [1.54, 1.807) is 19.2 Å². The minimum absolute atomic E-state index is 0.00171. The first kappa shape index (κ1) is 21.9. The van der Waals surface area contributed by atoms with E-state index in [0.29, 0.717) is 24.2 Å². The van der Waals surface area contributed by atoms with E-state index in [1.807, 2.05) is 28.1 Å². The standard InChI is InChI=1S/C11H14BO2.C7H13NO2/c1-7(2)12-11-6-9(14)4-5-10(11)8(3)13;1-6(4-3-5-9)7(10)8-2/h4-7,14H,1-3H3;5-6H,3-4H2,1-2H3,(H,8,10). The van der Waals surface area contributed by atoms with E-state index in [9.17, 15) is 19.5 Å². The molecule has 0 aromatic heterocycles. The zero-order chi connectivity index (χ0) is 18.7. The molecule has 0 bridgehead atoms. The Bertz CT molecular complexity index is 558. The number of hydrogen-bond acceptors (Lipinski definition) is 4. The average molecular weight is 332 g/mol. The number of benzene rings is 1. The summed E-state index contributed by atoms with van der Waals surface area (Å²) in [4.78, 5) is 31.9. The molecule has 0 heterocycles. The lowest BCUT2D eigenvalue weighted by molar-refractivity contribution is -0.124. The maximum atomic E-state index is 11.3. The summed E-state index contributed by atoms with van der Waals surface area (Å²) in [6.45, 7) is 7.41. The molecule has 1 rings (SSSR count). The van der Waals surface area contributed by atoms with Crippen LogP contribution in [0.4, 0.5) is 0 Å². The van der Waals surface area contributed by atoms with Gasteiger partial charge in [0.1, 0.15) is 12.0 Å². The second-order valence-corrected chi connectivity index (χ2v) is 6.00. The molecule has 1 unspecified atom stereocenters. The molecule has 1 radical (unpaired) electrons. The van der Waals surface area contributed by atoms with Crippen LogP contribution in [0.15, 0.2) is 18.2 Å². The topological polar surface area (TPSA) is 83.5 Å². The summed E-state index contributed by atoms with van der Waals surface area (Å²) >= 11 is 0. The van der Waals surface area contributed by atoms with Gasteiger partial charge < -0.3 is 15.2 Å². The zero-order valence-electron chi connectivity index (χ0n) is 15.1. The first-order chi connectivity index (χ1) is 11.2. The minimum Gasteiger partial charge on any atom is -0.508 e. The number of Topliss-reactive ketones (excluding diaryl/α,β-unsaturated/α-hetero) is 1. The van der Waals surface area contributed by atoms with Crippen molar-refractivity contribution in [3.05, 3.63) is 23.8 Å². The third-order valence-corrected chi connectivity index (χ3v) is 3.34. The third kappa shape index (κ3) is 8.51. The van der Waals surface area contributed by atoms with Gasteiger partial charge in [-0.05, 0) is 31.5 Å². The second-order valence-electron chi connectivity index (χ2n) is 6.00. The van der Waals surface area contributed by atoms with Gasteiger partial charge in [-0.25, -0.2) is 0 Å². The molecule has 1 aromatic rings. The molecule has 2 N–H and O–H groups in total. The SMILES string of the molecule is CC(=O)c1ccc(O)cc1[B]C(C)C.CNC(=O)C(C)CCC=O. The summed E-state index contributed by atoms with van der Waals surface area (Å²) in [6, 6.07) is 4.82. The molecule has 5 nitrogen and oxygen atoms in total. The van der Waals surface area contributed by atoms with Crippen LogP contribution >= 0.6 is 0 Å². The Morgan fingerprint density at radius 3 is 2.38 bits per heavy atom. The van der Waals surface area contributed by atoms with Gasteiger partial charge in [0.2, 0.25) is 5.91 Å². The van der Waals surface area contributed by atoms with Crippen LogP contribution in [-0.2, 0) is 9.59 Å². The number of aldehydes is 1. The summed E-state index contributed by atoms with van der Waals surface area (Å²) in [5.74, 6) is 0.533. The highest BCUT2D eigenvalue weighted by molar-refractivity contribution is 6.56. The average Bonchev–Trinajstić information content (AvgIpc) is 2.51. The lowest BCUT2D eigenvalue weighted by atomic mass is 9.59. The van der Waals surface area contributed by atoms with E-state index in [2.05, 4.69) is 5.32 Å². The molecule has 0 aliphatic heterocycles. The number of nitrogens with one attached hydrogen (secondary N) is 1. The molecule has 0 fully saturated rings. The van der Waals surface area contributed by atoms with Gasteiger partial charge in [0.15, 0.2) is 13.1 Å². The molecule has 0 saturated carbocycles. The Balaban J connectivity index is 0.000000470. The summed E-state index contributed by atoms with van der Waals surface area (Å²) in [5.41, 5.74) is 1.48. The number of phenols is 1. The van der Waals surface area contributed by atoms with Gasteiger partial charge in [0.05, 0.1) is 0 Å². The highest BCUT2D eigenvalue weighted by Crippen LogP contribution is 2.10. The van der Waals surface area contributed by atoms with Gasteiger partial charge >= 0.3 is 0 Å². The largest absolute Gasteiger partial charge is 0.508 e. The molecule has 1 aromatic carbocycles. The molecular formula is C18H27BNO4. The van der Waals surface area contributed by atoms with Crippen LogP contribution in [0.5, 0.6) is 5.75 Å². The Morgan fingerprint density at radius 1 is 1.29 bits per heavy atom. The summed E-state index contributed by atoms with van der Waals surface area (Å²) in [6.07, 6.45) is 1.94. The highest BCUT2D eigenvalue weighted by Gasteiger charge is 2.10. The van der Waals surface area contributed by atoms with Crippen molar-refractivity contribution in [3.63, 3.8) is 0 Å². The molecule has 0 aliphatic carbocycles. The third-order valence-electron chi connectivity index (χ3n) is 3.34. The lowest BCUT2D eigenvalue weighted by Crippen LogP contribution is -2.25. The summed E-state index contributed by atoms with van der Waals surface area (Å²) in [7, 11) is 3.57. The van der Waals surface area contributed by atoms with Crippen LogP contribution in [0.25, 0.3) is 0 Å². The predicted octanol–water partition coefficient (Wildman–Crippen LogP) is 2.10. The van der Waals surface area contributed by atoms with Gasteiger partial charge in [-0.2, -0.15) is 0 Å². The van der Waals surface area contributed by atoms with Crippen molar-refractivity contribution in [3.8, 4) is 5.75 Å². The number of carbonyl (C=O) groups excluding carboxylic acids is 3. The first-order valence-electron chi connectivity index (χ1n) is 8.06. The van der Waals surface area contributed by atoms with Crippen LogP contribution in [-0.4, -0.2) is 37.4 Å². The number of ketones is 1. The number of rotatable bonds is 7. The highest BCUT2D eigenvalue weighted by atomic mass is 16.3. The van der Waals surface area contributed by atoms with Gasteiger partial charge in [0.25, 0.3) is 0 Å². The van der Waals surface area contributed by atoms with E-state index in [0.717, 1.165) is 11.7 Å². The molecular weight excluding hydrogens is 305 g/mol. The monoisotopic (exact) mass is 332 g/mol. The Kier molecular flexibility index (Phi) is 10.4. The molecule has 0 spiro atoms. The number of aromatic hydroxyl groups is 1. The van der Waals surface area contributed by atoms with Gasteiger partial charge in [-0.3, -0.25) is 9.59 Å². The van der Waals surface area contributed by atoms with Crippen molar-refractivity contribution in [2.45, 2.75) is 46.4 Å². The molecule has 6 heteroatoms. The molecule has 131 valence electrons. The molecule has 24 heavy (non-hydrogen) atoms. The van der Waals surface area contributed by atoms with Crippen LogP contribution in [0.2, 0.25) is 5.82 Å². The van der Waals surface area contributed by atoms with Crippen LogP contribution in [0.1, 0.15) is 50.9 Å². The predicted molar refractivity (Wildman–Crippen MR) is 97.1 cm³/mol. The zero-order valence-corrected chi connectivity index (χ0v) is 15.1. The van der Waals surface area contributed by atoms with E-state index < -0.39 is 0 Å². The van der Waals surface area contributed by atoms with Gasteiger partial charge in [0, 0.05) is 24.9 Å². The Labute approximate surface area is 145 Å². The smallest absolute Gasteiger partial charge is 0.222 e. The number of amides is 1. The molecule has 1 atom stereocenters. The number of phenolic OH excluding ortho intramolecular Hbond substituents is 1. The van der Waals surface area contributed by atoms with Crippen molar-refractivity contribution in [2.24, 2.45) is 5.92 Å². The fourth-order valence-electron chi connectivity index (χ4n) is 2.06. The molecule has 0 saturated heterocycles. The molecule has 1 amide bonds. The normalized spacial score (nSPS) is 11.1. The van der Waals surface area contributed by atoms with Gasteiger partial charge in [-0.15, -0.1) is 0 Å². The van der Waals surface area contributed by atoms with Crippen LogP contribution < -0.4 is 10.8 Å². The maximum Gasteiger partial charge on any atom is 0.222 e. The van der Waals surface area contributed by atoms with Crippen LogP contribution in [0, 0.1) is 5.92 Å². The maximum absolute atomic E-state index is 11.3. The number of hydrogen-bond donors (Lipinski definition) is 2. The number of carbonyl (C=O) groups is 3. The summed E-state index contributed by atoms with van der Waals surface area (Å²) in [5, 5.41) is 11.8. The van der Waals surface area contributed by atoms with E-state index in [1.165, 1.54) is 13.0 Å². The minimum atomic E-state index is -0.0461. The van der Waals surface area contributed by atoms with Crippen molar-refractivity contribution in [1.82, 2.24) is 5.32 Å². The second kappa shape index (κ2) is 11.4.